The van der Waals surface area contributed by atoms with Gasteiger partial charge in [-0.1, -0.05) is 18.2 Å². The topological polar surface area (TPSA) is 82.3 Å². The first kappa shape index (κ1) is 21.3. The van der Waals surface area contributed by atoms with Crippen LogP contribution in [0.25, 0.3) is 0 Å². The number of aromatic nitrogens is 1. The van der Waals surface area contributed by atoms with E-state index in [0.29, 0.717) is 24.5 Å². The third-order valence-corrected chi connectivity index (χ3v) is 6.11. The van der Waals surface area contributed by atoms with Gasteiger partial charge in [-0.2, -0.15) is 0 Å². The summed E-state index contributed by atoms with van der Waals surface area (Å²) in [5.74, 6) is -0.625. The fourth-order valence-corrected chi connectivity index (χ4v) is 4.35. The van der Waals surface area contributed by atoms with Crippen LogP contribution in [0.1, 0.15) is 82.5 Å². The van der Waals surface area contributed by atoms with Crippen molar-refractivity contribution in [2.45, 2.75) is 56.7 Å². The van der Waals surface area contributed by atoms with Gasteiger partial charge < -0.3 is 10.5 Å². The number of primary amides is 1. The lowest BCUT2D eigenvalue weighted by atomic mass is 9.76. The van der Waals surface area contributed by atoms with E-state index in [1.165, 1.54) is 12.1 Å². The number of ketones is 1. The number of pyridine rings is 1. The Balaban J connectivity index is 1.43. The molecule has 1 aromatic carbocycles. The number of benzene rings is 1. The number of rotatable bonds is 6. The molecule has 2 fully saturated rings. The number of nitrogens with two attached hydrogens (primary N) is 1. The molecule has 0 saturated heterocycles. The number of nitrogens with zero attached hydrogens (tertiary/aromatic N) is 1. The van der Waals surface area contributed by atoms with Crippen LogP contribution in [0.5, 0.6) is 5.75 Å². The molecule has 2 aromatic rings. The summed E-state index contributed by atoms with van der Waals surface area (Å²) in [6.07, 6.45) is 0.151. The summed E-state index contributed by atoms with van der Waals surface area (Å²) in [5, 5.41) is 0. The van der Waals surface area contributed by atoms with Crippen LogP contribution in [-0.2, 0) is 0 Å². The quantitative estimate of drug-likeness (QED) is 0.643. The molecular formula is C23H23F3N2O3. The number of halogens is 3. The summed E-state index contributed by atoms with van der Waals surface area (Å²) in [5.41, 5.74) is 7.66. The third-order valence-electron chi connectivity index (χ3n) is 6.11. The van der Waals surface area contributed by atoms with E-state index >= 15 is 0 Å². The van der Waals surface area contributed by atoms with Crippen molar-refractivity contribution in [1.29, 1.82) is 0 Å². The number of Topliss-reactive ketones (excluding diaryl/α,β-unsaturated/α-hetero) is 1. The third kappa shape index (κ3) is 5.06. The summed E-state index contributed by atoms with van der Waals surface area (Å²) in [6, 6.07) is 9.32. The lowest BCUT2D eigenvalue weighted by Gasteiger charge is -2.28. The Hall–Kier alpha value is -2.90. The van der Waals surface area contributed by atoms with Crippen LogP contribution in [0.3, 0.4) is 0 Å². The molecule has 0 unspecified atom stereocenters. The fraction of sp³-hybridized carbons (Fsp3) is 0.435. The first-order valence-electron chi connectivity index (χ1n) is 10.4. The van der Waals surface area contributed by atoms with Gasteiger partial charge in [0.25, 0.3) is 5.91 Å². The molecular weight excluding hydrogens is 409 g/mol. The molecule has 0 aliphatic heterocycles. The van der Waals surface area contributed by atoms with E-state index in [-0.39, 0.29) is 29.1 Å². The average molecular weight is 432 g/mol. The number of ether oxygens (including phenoxy) is 1. The molecule has 0 spiro atoms. The van der Waals surface area contributed by atoms with Crippen LogP contribution >= 0.6 is 0 Å². The lowest BCUT2D eigenvalue weighted by molar-refractivity contribution is -0.274. The first-order valence-corrected chi connectivity index (χ1v) is 10.4. The Morgan fingerprint density at radius 2 is 1.52 bits per heavy atom. The Bertz CT molecular complexity index is 977. The van der Waals surface area contributed by atoms with E-state index in [1.54, 1.807) is 24.3 Å². The largest absolute Gasteiger partial charge is 0.573 e. The van der Waals surface area contributed by atoms with Crippen molar-refractivity contribution >= 4 is 11.7 Å². The molecule has 2 aliphatic carbocycles. The van der Waals surface area contributed by atoms with E-state index in [9.17, 15) is 22.8 Å². The van der Waals surface area contributed by atoms with Gasteiger partial charge in [-0.3, -0.25) is 9.59 Å². The van der Waals surface area contributed by atoms with E-state index in [4.69, 9.17) is 5.73 Å². The highest BCUT2D eigenvalue weighted by molar-refractivity contribution is 5.99. The Kier molecular flexibility index (Phi) is 5.73. The van der Waals surface area contributed by atoms with Gasteiger partial charge in [-0.05, 0) is 79.7 Å². The molecule has 2 aliphatic rings. The summed E-state index contributed by atoms with van der Waals surface area (Å²) in [6.45, 7) is 0. The number of amides is 1. The van der Waals surface area contributed by atoms with Crippen molar-refractivity contribution in [3.8, 4) is 5.75 Å². The van der Waals surface area contributed by atoms with Crippen molar-refractivity contribution < 1.29 is 27.5 Å². The normalized spacial score (nSPS) is 21.5. The van der Waals surface area contributed by atoms with E-state index < -0.39 is 12.3 Å². The monoisotopic (exact) mass is 432 g/mol. The van der Waals surface area contributed by atoms with Crippen molar-refractivity contribution in [2.24, 2.45) is 11.7 Å². The van der Waals surface area contributed by atoms with Gasteiger partial charge in [0.1, 0.15) is 17.1 Å². The molecule has 0 atom stereocenters. The Labute approximate surface area is 177 Å². The predicted octanol–water partition coefficient (Wildman–Crippen LogP) is 5.11. The number of hydrogen-bond acceptors (Lipinski definition) is 4. The number of alkyl halides is 3. The highest BCUT2D eigenvalue weighted by atomic mass is 19.4. The minimum atomic E-state index is -4.71. The van der Waals surface area contributed by atoms with Crippen LogP contribution in [0.4, 0.5) is 13.2 Å². The molecule has 8 heteroatoms. The molecule has 0 radical (unpaired) electrons. The zero-order valence-electron chi connectivity index (χ0n) is 16.8. The maximum Gasteiger partial charge on any atom is 0.573 e. The highest BCUT2D eigenvalue weighted by Crippen LogP contribution is 2.43. The highest BCUT2D eigenvalue weighted by Gasteiger charge is 2.34. The molecule has 164 valence electrons. The van der Waals surface area contributed by atoms with Gasteiger partial charge in [0.05, 0.1) is 0 Å². The minimum absolute atomic E-state index is 0.0441. The Morgan fingerprint density at radius 1 is 0.903 bits per heavy atom. The van der Waals surface area contributed by atoms with Gasteiger partial charge in [-0.15, -0.1) is 13.2 Å². The summed E-state index contributed by atoms with van der Waals surface area (Å²) < 4.78 is 40.9. The second-order valence-corrected chi connectivity index (χ2v) is 8.30. The molecule has 5 nitrogen and oxygen atoms in total. The summed E-state index contributed by atoms with van der Waals surface area (Å²) >= 11 is 0. The fourth-order valence-electron chi connectivity index (χ4n) is 4.35. The second-order valence-electron chi connectivity index (χ2n) is 8.30. The molecule has 2 saturated carbocycles. The summed E-state index contributed by atoms with van der Waals surface area (Å²) in [7, 11) is 0. The van der Waals surface area contributed by atoms with Crippen LogP contribution in [0, 0.1) is 5.92 Å². The zero-order valence-corrected chi connectivity index (χ0v) is 16.8. The second kappa shape index (κ2) is 8.32. The van der Waals surface area contributed by atoms with Gasteiger partial charge >= 0.3 is 6.36 Å². The molecule has 2 N–H and O–H groups in total. The SMILES string of the molecule is NC(=O)c1ccc(C2CC2)c(C(=O)C2CCC(c3ccc(OC(F)(F)F)cc3)CC2)n1. The van der Waals surface area contributed by atoms with Crippen molar-refractivity contribution in [2.75, 3.05) is 0 Å². The number of carbonyl (C=O) groups excluding carboxylic acids is 2. The molecule has 4 rings (SSSR count). The lowest BCUT2D eigenvalue weighted by Crippen LogP contribution is -2.24. The van der Waals surface area contributed by atoms with Crippen molar-refractivity contribution in [3.05, 3.63) is 58.9 Å². The van der Waals surface area contributed by atoms with E-state index in [2.05, 4.69) is 9.72 Å². The maximum atomic E-state index is 13.2. The average Bonchev–Trinajstić information content (AvgIpc) is 3.58. The molecule has 0 bridgehead atoms. The van der Waals surface area contributed by atoms with Crippen LogP contribution in [0.2, 0.25) is 0 Å². The molecule has 1 aromatic heterocycles. The maximum absolute atomic E-state index is 13.2. The number of hydrogen-bond donors (Lipinski definition) is 1. The predicted molar refractivity (Wildman–Crippen MR) is 107 cm³/mol. The van der Waals surface area contributed by atoms with Gasteiger partial charge in [0.15, 0.2) is 5.78 Å². The standard InChI is InChI=1S/C23H23F3N2O3/c24-23(25,26)31-17-9-7-14(8-10-17)13-1-5-16(6-2-13)21(29)20-18(15-3-4-15)11-12-19(28-20)22(27)30/h7-13,15-16H,1-6H2,(H2,27,30). The molecule has 1 heterocycles. The van der Waals surface area contributed by atoms with Crippen LogP contribution in [0.15, 0.2) is 36.4 Å². The van der Waals surface area contributed by atoms with Gasteiger partial charge in [-0.25, -0.2) is 4.98 Å². The number of carbonyl (C=O) groups is 2. The Morgan fingerprint density at radius 3 is 2.06 bits per heavy atom. The van der Waals surface area contributed by atoms with Crippen LogP contribution < -0.4 is 10.5 Å². The summed E-state index contributed by atoms with van der Waals surface area (Å²) in [4.78, 5) is 29.0. The minimum Gasteiger partial charge on any atom is -0.406 e. The van der Waals surface area contributed by atoms with E-state index in [1.807, 2.05) is 0 Å². The van der Waals surface area contributed by atoms with Gasteiger partial charge in [0, 0.05) is 5.92 Å². The van der Waals surface area contributed by atoms with Gasteiger partial charge in [0.2, 0.25) is 0 Å². The molecule has 1 amide bonds. The zero-order chi connectivity index (χ0) is 22.2. The van der Waals surface area contributed by atoms with Crippen molar-refractivity contribution in [1.82, 2.24) is 4.98 Å². The van der Waals surface area contributed by atoms with E-state index in [0.717, 1.165) is 36.8 Å². The first-order chi connectivity index (χ1) is 14.7. The smallest absolute Gasteiger partial charge is 0.406 e. The van der Waals surface area contributed by atoms with Crippen molar-refractivity contribution in [3.63, 3.8) is 0 Å². The molecule has 31 heavy (non-hydrogen) atoms. The van der Waals surface area contributed by atoms with Crippen LogP contribution in [-0.4, -0.2) is 23.0 Å².